The molecule has 0 spiro atoms. The van der Waals surface area contributed by atoms with Gasteiger partial charge in [0.25, 0.3) is 5.91 Å². The Morgan fingerprint density at radius 1 is 1.15 bits per heavy atom. The van der Waals surface area contributed by atoms with E-state index in [-0.39, 0.29) is 12.0 Å². The lowest BCUT2D eigenvalue weighted by Gasteiger charge is -2.21. The van der Waals surface area contributed by atoms with Crippen molar-refractivity contribution in [3.05, 3.63) is 72.4 Å². The van der Waals surface area contributed by atoms with E-state index in [1.165, 1.54) is 11.9 Å². The van der Waals surface area contributed by atoms with Gasteiger partial charge in [-0.25, -0.2) is 9.97 Å². The van der Waals surface area contributed by atoms with Gasteiger partial charge in [-0.05, 0) is 23.8 Å². The van der Waals surface area contributed by atoms with Gasteiger partial charge in [0.2, 0.25) is 0 Å². The molecule has 0 radical (unpaired) electrons. The van der Waals surface area contributed by atoms with Gasteiger partial charge < -0.3 is 9.64 Å². The van der Waals surface area contributed by atoms with Crippen LogP contribution in [0.15, 0.2) is 61.3 Å². The fourth-order valence-corrected chi connectivity index (χ4v) is 3.09. The van der Waals surface area contributed by atoms with Crippen molar-refractivity contribution in [2.45, 2.75) is 12.5 Å². The molecule has 0 saturated heterocycles. The van der Waals surface area contributed by atoms with E-state index < -0.39 is 0 Å². The highest BCUT2D eigenvalue weighted by Crippen LogP contribution is 2.28. The highest BCUT2D eigenvalue weighted by Gasteiger charge is 2.25. The number of aromatic nitrogens is 3. The van der Waals surface area contributed by atoms with Gasteiger partial charge in [0.1, 0.15) is 18.2 Å². The number of rotatable bonds is 4. The standard InChI is InChI=1S/C20H18N4O2/c1-24(12-17-8-14-4-2-3-5-19(14)26-17)20(25)15-6-7-18(23-11-15)16-9-21-13-22-10-16/h2-7,9-11,13,17H,8,12H2,1H3/t17-/m0/s1. The number of benzene rings is 1. The molecule has 0 bridgehead atoms. The first-order valence-electron chi connectivity index (χ1n) is 8.42. The summed E-state index contributed by atoms with van der Waals surface area (Å²) in [5, 5.41) is 0. The van der Waals surface area contributed by atoms with Crippen molar-refractivity contribution in [1.29, 1.82) is 0 Å². The SMILES string of the molecule is CN(C[C@@H]1Cc2ccccc2O1)C(=O)c1ccc(-c2cncnc2)nc1. The third kappa shape index (κ3) is 3.26. The van der Waals surface area contributed by atoms with Crippen molar-refractivity contribution in [2.24, 2.45) is 0 Å². The molecule has 0 N–H and O–H groups in total. The summed E-state index contributed by atoms with van der Waals surface area (Å²) in [6, 6.07) is 11.6. The van der Waals surface area contributed by atoms with E-state index in [4.69, 9.17) is 4.74 Å². The third-order valence-corrected chi connectivity index (χ3v) is 4.40. The number of fused-ring (bicyclic) bond motifs is 1. The van der Waals surface area contributed by atoms with E-state index in [2.05, 4.69) is 21.0 Å². The van der Waals surface area contributed by atoms with Crippen molar-refractivity contribution in [2.75, 3.05) is 13.6 Å². The van der Waals surface area contributed by atoms with E-state index >= 15 is 0 Å². The topological polar surface area (TPSA) is 68.2 Å². The van der Waals surface area contributed by atoms with Crippen molar-refractivity contribution >= 4 is 5.91 Å². The average molecular weight is 346 g/mol. The van der Waals surface area contributed by atoms with E-state index in [9.17, 15) is 4.79 Å². The van der Waals surface area contributed by atoms with Crippen LogP contribution in [0.25, 0.3) is 11.3 Å². The van der Waals surface area contributed by atoms with E-state index in [0.717, 1.165) is 23.4 Å². The molecule has 0 unspecified atom stereocenters. The minimum atomic E-state index is -0.0760. The highest BCUT2D eigenvalue weighted by molar-refractivity contribution is 5.94. The second kappa shape index (κ2) is 6.92. The number of hydrogen-bond acceptors (Lipinski definition) is 5. The molecule has 3 heterocycles. The molecular formula is C20H18N4O2. The van der Waals surface area contributed by atoms with Crippen LogP contribution in [0.1, 0.15) is 15.9 Å². The minimum absolute atomic E-state index is 0.0185. The number of amides is 1. The molecule has 1 aromatic carbocycles. The molecule has 130 valence electrons. The lowest BCUT2D eigenvalue weighted by atomic mass is 10.1. The van der Waals surface area contributed by atoms with Crippen LogP contribution in [0.3, 0.4) is 0 Å². The van der Waals surface area contributed by atoms with Gasteiger partial charge in [0, 0.05) is 37.6 Å². The molecule has 26 heavy (non-hydrogen) atoms. The summed E-state index contributed by atoms with van der Waals surface area (Å²) in [4.78, 5) is 26.7. The summed E-state index contributed by atoms with van der Waals surface area (Å²) in [7, 11) is 1.79. The fraction of sp³-hybridized carbons (Fsp3) is 0.200. The Bertz CT molecular complexity index is 888. The molecular weight excluding hydrogens is 328 g/mol. The summed E-state index contributed by atoms with van der Waals surface area (Å²) < 4.78 is 5.92. The van der Waals surface area contributed by atoms with Crippen molar-refractivity contribution in [1.82, 2.24) is 19.9 Å². The Morgan fingerprint density at radius 3 is 2.69 bits per heavy atom. The Balaban J connectivity index is 1.41. The van der Waals surface area contributed by atoms with E-state index in [0.29, 0.717) is 12.1 Å². The van der Waals surface area contributed by atoms with Crippen LogP contribution in [-0.2, 0) is 6.42 Å². The molecule has 1 atom stereocenters. The second-order valence-electron chi connectivity index (χ2n) is 6.30. The molecule has 6 nitrogen and oxygen atoms in total. The first-order valence-corrected chi connectivity index (χ1v) is 8.42. The van der Waals surface area contributed by atoms with Crippen LogP contribution in [0.2, 0.25) is 0 Å². The zero-order valence-corrected chi connectivity index (χ0v) is 14.4. The number of likely N-dealkylation sites (N-methyl/N-ethyl adjacent to an activating group) is 1. The smallest absolute Gasteiger partial charge is 0.255 e. The summed E-state index contributed by atoms with van der Waals surface area (Å²) in [6.45, 7) is 0.530. The average Bonchev–Trinajstić information content (AvgIpc) is 3.10. The van der Waals surface area contributed by atoms with Crippen LogP contribution in [0.5, 0.6) is 5.75 Å². The Morgan fingerprint density at radius 2 is 1.96 bits per heavy atom. The highest BCUT2D eigenvalue weighted by atomic mass is 16.5. The number of para-hydroxylation sites is 1. The van der Waals surface area contributed by atoms with Gasteiger partial charge in [-0.15, -0.1) is 0 Å². The summed E-state index contributed by atoms with van der Waals surface area (Å²) in [5.41, 5.74) is 3.29. The zero-order valence-electron chi connectivity index (χ0n) is 14.4. The molecule has 6 heteroatoms. The van der Waals surface area contributed by atoms with Crippen LogP contribution in [0.4, 0.5) is 0 Å². The van der Waals surface area contributed by atoms with Gasteiger partial charge in [0.05, 0.1) is 17.8 Å². The molecule has 0 saturated carbocycles. The maximum Gasteiger partial charge on any atom is 0.255 e. The van der Waals surface area contributed by atoms with Crippen molar-refractivity contribution in [3.63, 3.8) is 0 Å². The minimum Gasteiger partial charge on any atom is -0.488 e. The molecule has 1 aliphatic rings. The molecule has 0 fully saturated rings. The predicted octanol–water partition coefficient (Wildman–Crippen LogP) is 2.61. The predicted molar refractivity (Wildman–Crippen MR) is 96.8 cm³/mol. The quantitative estimate of drug-likeness (QED) is 0.726. The summed E-state index contributed by atoms with van der Waals surface area (Å²) in [5.74, 6) is 0.836. The van der Waals surface area contributed by atoms with Crippen LogP contribution in [0, 0.1) is 0 Å². The van der Waals surface area contributed by atoms with Gasteiger partial charge >= 0.3 is 0 Å². The molecule has 3 aromatic rings. The Hall–Kier alpha value is -3.28. The van der Waals surface area contributed by atoms with Crippen LogP contribution in [-0.4, -0.2) is 45.5 Å². The molecule has 2 aromatic heterocycles. The number of nitrogens with zero attached hydrogens (tertiary/aromatic N) is 4. The zero-order chi connectivity index (χ0) is 17.9. The number of carbonyl (C=O) groups excluding carboxylic acids is 1. The monoisotopic (exact) mass is 346 g/mol. The number of ether oxygens (including phenoxy) is 1. The number of pyridine rings is 1. The molecule has 4 rings (SSSR count). The summed E-state index contributed by atoms with van der Waals surface area (Å²) in [6.07, 6.45) is 7.25. The van der Waals surface area contributed by atoms with Crippen molar-refractivity contribution < 1.29 is 9.53 Å². The normalized spacial score (nSPS) is 15.2. The lowest BCUT2D eigenvalue weighted by molar-refractivity contribution is 0.0730. The first-order chi connectivity index (χ1) is 12.7. The van der Waals surface area contributed by atoms with Crippen LogP contribution >= 0.6 is 0 Å². The number of hydrogen-bond donors (Lipinski definition) is 0. The summed E-state index contributed by atoms with van der Waals surface area (Å²) >= 11 is 0. The maximum absolute atomic E-state index is 12.7. The third-order valence-electron chi connectivity index (χ3n) is 4.40. The van der Waals surface area contributed by atoms with Gasteiger partial charge in [-0.3, -0.25) is 9.78 Å². The van der Waals surface area contributed by atoms with Gasteiger partial charge in [0.15, 0.2) is 0 Å². The van der Waals surface area contributed by atoms with Crippen LogP contribution < -0.4 is 4.74 Å². The Kier molecular flexibility index (Phi) is 4.31. The molecule has 0 aliphatic carbocycles. The largest absolute Gasteiger partial charge is 0.488 e. The number of carbonyl (C=O) groups is 1. The fourth-order valence-electron chi connectivity index (χ4n) is 3.09. The van der Waals surface area contributed by atoms with Gasteiger partial charge in [-0.1, -0.05) is 18.2 Å². The van der Waals surface area contributed by atoms with E-state index in [1.807, 2.05) is 24.3 Å². The van der Waals surface area contributed by atoms with Gasteiger partial charge in [-0.2, -0.15) is 0 Å². The van der Waals surface area contributed by atoms with Crippen molar-refractivity contribution in [3.8, 4) is 17.0 Å². The van der Waals surface area contributed by atoms with E-state index in [1.54, 1.807) is 36.6 Å². The molecule has 1 aliphatic heterocycles. The second-order valence-corrected chi connectivity index (χ2v) is 6.30. The lowest BCUT2D eigenvalue weighted by Crippen LogP contribution is -2.36. The maximum atomic E-state index is 12.7. The first kappa shape index (κ1) is 16.2. The Labute approximate surface area is 151 Å². The molecule has 1 amide bonds.